The molecule has 1 fully saturated rings. The Morgan fingerprint density at radius 1 is 1.40 bits per heavy atom. The highest BCUT2D eigenvalue weighted by atomic mass is 16.2. The van der Waals surface area contributed by atoms with Crippen molar-refractivity contribution in [1.29, 1.82) is 0 Å². The normalized spacial score (nSPS) is 16.8. The van der Waals surface area contributed by atoms with E-state index in [0.29, 0.717) is 5.82 Å². The third-order valence-corrected chi connectivity index (χ3v) is 3.38. The van der Waals surface area contributed by atoms with E-state index in [1.807, 2.05) is 20.8 Å². The molecule has 0 aromatic carbocycles. The number of Topliss-reactive ketones (excluding diaryl/α,β-unsaturated/α-hetero) is 1. The summed E-state index contributed by atoms with van der Waals surface area (Å²) in [5.74, 6) is 0.674. The van der Waals surface area contributed by atoms with Crippen LogP contribution in [0.25, 0.3) is 0 Å². The van der Waals surface area contributed by atoms with Crippen LogP contribution in [0.15, 0.2) is 0 Å². The van der Waals surface area contributed by atoms with Crippen LogP contribution in [0.3, 0.4) is 0 Å². The molecule has 0 saturated heterocycles. The number of hydrogen-bond donors (Lipinski definition) is 1. The molecule has 1 aliphatic rings. The van der Waals surface area contributed by atoms with Crippen LogP contribution in [-0.4, -0.2) is 38.4 Å². The first kappa shape index (κ1) is 14.6. The van der Waals surface area contributed by atoms with Gasteiger partial charge in [-0.05, 0) is 30.2 Å². The van der Waals surface area contributed by atoms with Gasteiger partial charge in [0.2, 0.25) is 5.91 Å². The summed E-state index contributed by atoms with van der Waals surface area (Å²) < 4.78 is 1.51. The quantitative estimate of drug-likeness (QED) is 0.853. The Bertz CT molecular complexity index is 513. The molecular weight excluding hydrogens is 258 g/mol. The van der Waals surface area contributed by atoms with Crippen LogP contribution >= 0.6 is 0 Å². The molecule has 0 radical (unpaired) electrons. The SMILES string of the molecule is CC(C(=O)NCC(=O)C1CC1)n1nnnc1C(C)(C)C. The highest BCUT2D eigenvalue weighted by molar-refractivity contribution is 5.89. The smallest absolute Gasteiger partial charge is 0.245 e. The first-order chi connectivity index (χ1) is 9.30. The summed E-state index contributed by atoms with van der Waals surface area (Å²) >= 11 is 0. The molecule has 1 amide bonds. The highest BCUT2D eigenvalue weighted by Crippen LogP contribution is 2.29. The second-order valence-corrected chi connectivity index (χ2v) is 6.33. The lowest BCUT2D eigenvalue weighted by atomic mass is 9.95. The van der Waals surface area contributed by atoms with Gasteiger partial charge in [-0.2, -0.15) is 0 Å². The summed E-state index contributed by atoms with van der Waals surface area (Å²) in [6, 6.07) is -0.536. The van der Waals surface area contributed by atoms with Gasteiger partial charge in [-0.3, -0.25) is 9.59 Å². The molecule has 1 saturated carbocycles. The van der Waals surface area contributed by atoms with Crippen LogP contribution in [0.5, 0.6) is 0 Å². The number of carbonyl (C=O) groups excluding carboxylic acids is 2. The van der Waals surface area contributed by atoms with E-state index in [1.165, 1.54) is 4.68 Å². The van der Waals surface area contributed by atoms with E-state index >= 15 is 0 Å². The van der Waals surface area contributed by atoms with Gasteiger partial charge >= 0.3 is 0 Å². The van der Waals surface area contributed by atoms with Gasteiger partial charge in [0.15, 0.2) is 11.6 Å². The van der Waals surface area contributed by atoms with E-state index < -0.39 is 6.04 Å². The lowest BCUT2D eigenvalue weighted by Gasteiger charge is -2.20. The molecule has 1 unspecified atom stereocenters. The summed E-state index contributed by atoms with van der Waals surface area (Å²) in [5.41, 5.74) is -0.248. The average molecular weight is 279 g/mol. The second kappa shape index (κ2) is 5.30. The van der Waals surface area contributed by atoms with Gasteiger partial charge < -0.3 is 5.32 Å². The molecule has 0 spiro atoms. The first-order valence-corrected chi connectivity index (χ1v) is 6.89. The van der Waals surface area contributed by atoms with Gasteiger partial charge in [0.25, 0.3) is 0 Å². The van der Waals surface area contributed by atoms with Gasteiger partial charge in [-0.15, -0.1) is 5.10 Å². The Hall–Kier alpha value is -1.79. The number of hydrogen-bond acceptors (Lipinski definition) is 5. The zero-order chi connectivity index (χ0) is 14.9. The molecule has 7 heteroatoms. The number of rotatable bonds is 5. The molecule has 7 nitrogen and oxygen atoms in total. The standard InChI is InChI=1S/C13H21N5O2/c1-8(11(20)14-7-10(19)9-5-6-9)18-12(13(2,3)4)15-16-17-18/h8-9H,5-7H2,1-4H3,(H,14,20). The highest BCUT2D eigenvalue weighted by Gasteiger charge is 2.31. The topological polar surface area (TPSA) is 89.8 Å². The van der Waals surface area contributed by atoms with Crippen LogP contribution in [0.1, 0.15) is 52.4 Å². The Kier molecular flexibility index (Phi) is 3.87. The van der Waals surface area contributed by atoms with Gasteiger partial charge in [0, 0.05) is 11.3 Å². The van der Waals surface area contributed by atoms with Crippen molar-refractivity contribution in [1.82, 2.24) is 25.5 Å². The van der Waals surface area contributed by atoms with Gasteiger partial charge in [-0.1, -0.05) is 20.8 Å². The molecule has 2 rings (SSSR count). The number of tetrazole rings is 1. The molecule has 0 bridgehead atoms. The lowest BCUT2D eigenvalue weighted by molar-refractivity contribution is -0.127. The van der Waals surface area contributed by atoms with Crippen molar-refractivity contribution in [2.24, 2.45) is 5.92 Å². The summed E-state index contributed by atoms with van der Waals surface area (Å²) in [7, 11) is 0. The Balaban J connectivity index is 1.99. The third-order valence-electron chi connectivity index (χ3n) is 3.38. The zero-order valence-electron chi connectivity index (χ0n) is 12.4. The molecule has 0 aliphatic heterocycles. The summed E-state index contributed by atoms with van der Waals surface area (Å²) in [5, 5.41) is 14.2. The minimum Gasteiger partial charge on any atom is -0.347 e. The van der Waals surface area contributed by atoms with Crippen LogP contribution in [0, 0.1) is 5.92 Å². The van der Waals surface area contributed by atoms with E-state index in [-0.39, 0.29) is 29.6 Å². The van der Waals surface area contributed by atoms with E-state index in [9.17, 15) is 9.59 Å². The van der Waals surface area contributed by atoms with Crippen LogP contribution < -0.4 is 5.32 Å². The van der Waals surface area contributed by atoms with Crippen LogP contribution in [-0.2, 0) is 15.0 Å². The predicted molar refractivity (Wildman–Crippen MR) is 72.0 cm³/mol. The van der Waals surface area contributed by atoms with Crippen molar-refractivity contribution in [2.75, 3.05) is 6.54 Å². The van der Waals surface area contributed by atoms with Gasteiger partial charge in [-0.25, -0.2) is 4.68 Å². The fraction of sp³-hybridized carbons (Fsp3) is 0.769. The van der Waals surface area contributed by atoms with Gasteiger partial charge in [0.05, 0.1) is 6.54 Å². The molecular formula is C13H21N5O2. The number of amides is 1. The molecule has 1 aliphatic carbocycles. The Morgan fingerprint density at radius 2 is 2.05 bits per heavy atom. The number of nitrogens with one attached hydrogen (secondary N) is 1. The number of carbonyl (C=O) groups is 2. The second-order valence-electron chi connectivity index (χ2n) is 6.33. The van der Waals surface area contributed by atoms with Gasteiger partial charge in [0.1, 0.15) is 6.04 Å². The largest absolute Gasteiger partial charge is 0.347 e. The van der Waals surface area contributed by atoms with E-state index in [0.717, 1.165) is 12.8 Å². The van der Waals surface area contributed by atoms with E-state index in [2.05, 4.69) is 20.8 Å². The zero-order valence-corrected chi connectivity index (χ0v) is 12.4. The Labute approximate surface area is 118 Å². The predicted octanol–water partition coefficient (Wildman–Crippen LogP) is 0.627. The maximum Gasteiger partial charge on any atom is 0.245 e. The average Bonchev–Trinajstić information content (AvgIpc) is 3.09. The summed E-state index contributed by atoms with van der Waals surface area (Å²) in [6.07, 6.45) is 1.90. The number of ketones is 1. The third kappa shape index (κ3) is 3.20. The maximum atomic E-state index is 12.1. The first-order valence-electron chi connectivity index (χ1n) is 6.89. The van der Waals surface area contributed by atoms with Crippen molar-refractivity contribution in [3.63, 3.8) is 0 Å². The van der Waals surface area contributed by atoms with Crippen molar-refractivity contribution in [3.8, 4) is 0 Å². The molecule has 110 valence electrons. The van der Waals surface area contributed by atoms with Crippen LogP contribution in [0.4, 0.5) is 0 Å². The van der Waals surface area contributed by atoms with Crippen molar-refractivity contribution < 1.29 is 9.59 Å². The molecule has 1 aromatic rings. The molecule has 1 N–H and O–H groups in total. The molecule has 1 atom stereocenters. The minimum absolute atomic E-state index is 0.0980. The van der Waals surface area contributed by atoms with Crippen LogP contribution in [0.2, 0.25) is 0 Å². The number of nitrogens with zero attached hydrogens (tertiary/aromatic N) is 4. The maximum absolute atomic E-state index is 12.1. The Morgan fingerprint density at radius 3 is 2.60 bits per heavy atom. The van der Waals surface area contributed by atoms with E-state index in [1.54, 1.807) is 6.92 Å². The fourth-order valence-corrected chi connectivity index (χ4v) is 1.93. The lowest BCUT2D eigenvalue weighted by Crippen LogP contribution is -2.37. The van der Waals surface area contributed by atoms with Crippen molar-refractivity contribution >= 4 is 11.7 Å². The molecule has 20 heavy (non-hydrogen) atoms. The molecule has 1 heterocycles. The summed E-state index contributed by atoms with van der Waals surface area (Å²) in [6.45, 7) is 7.77. The molecule has 1 aromatic heterocycles. The fourth-order valence-electron chi connectivity index (χ4n) is 1.93. The monoisotopic (exact) mass is 279 g/mol. The number of aromatic nitrogens is 4. The van der Waals surface area contributed by atoms with Crippen molar-refractivity contribution in [3.05, 3.63) is 5.82 Å². The minimum atomic E-state index is -0.536. The van der Waals surface area contributed by atoms with Crippen molar-refractivity contribution in [2.45, 2.75) is 52.0 Å². The van der Waals surface area contributed by atoms with E-state index in [4.69, 9.17) is 0 Å². The summed E-state index contributed by atoms with van der Waals surface area (Å²) in [4.78, 5) is 23.7.